The van der Waals surface area contributed by atoms with Gasteiger partial charge in [0.05, 0.1) is 12.3 Å². The smallest absolute Gasteiger partial charge is 0.255 e. The number of nitrogens with one attached hydrogen (secondary N) is 3. The number of aromatic nitrogens is 2. The van der Waals surface area contributed by atoms with Gasteiger partial charge < -0.3 is 25.6 Å². The molecule has 5 rings (SSSR count). The Hall–Kier alpha value is -3.70. The molecule has 2 aliphatic rings. The van der Waals surface area contributed by atoms with Crippen LogP contribution in [0.2, 0.25) is 0 Å². The van der Waals surface area contributed by atoms with E-state index >= 15 is 0 Å². The normalized spacial score (nSPS) is 18.3. The summed E-state index contributed by atoms with van der Waals surface area (Å²) in [6, 6.07) is 12.7. The highest BCUT2D eigenvalue weighted by Crippen LogP contribution is 2.40. The quantitative estimate of drug-likeness (QED) is 0.483. The monoisotopic (exact) mass is 510 g/mol. The van der Waals surface area contributed by atoms with Gasteiger partial charge in [0.2, 0.25) is 5.95 Å². The van der Waals surface area contributed by atoms with E-state index in [2.05, 4.69) is 25.9 Å². The summed E-state index contributed by atoms with van der Waals surface area (Å²) < 4.78 is 18.6. The highest BCUT2D eigenvalue weighted by molar-refractivity contribution is 7.59. The molecule has 0 unspecified atom stereocenters. The fourth-order valence-electron chi connectivity index (χ4n) is 4.30. The van der Waals surface area contributed by atoms with Crippen molar-refractivity contribution >= 4 is 48.5 Å². The van der Waals surface area contributed by atoms with Gasteiger partial charge in [-0.1, -0.05) is 12.1 Å². The largest absolute Gasteiger partial charge is 0.378 e. The van der Waals surface area contributed by atoms with Gasteiger partial charge in [0.25, 0.3) is 11.8 Å². The molecule has 1 fully saturated rings. The average Bonchev–Trinajstić information content (AvgIpc) is 3.35. The van der Waals surface area contributed by atoms with Crippen molar-refractivity contribution in [3.05, 3.63) is 71.2 Å². The van der Waals surface area contributed by atoms with Crippen molar-refractivity contribution < 1.29 is 18.7 Å². The molecule has 0 radical (unpaired) electrons. The van der Waals surface area contributed by atoms with Crippen LogP contribution in [0.4, 0.5) is 27.5 Å². The van der Waals surface area contributed by atoms with Gasteiger partial charge in [-0.15, -0.1) is 0 Å². The average molecular weight is 511 g/mol. The van der Waals surface area contributed by atoms with Crippen LogP contribution in [0, 0.1) is 12.7 Å². The van der Waals surface area contributed by atoms with Gasteiger partial charge in [-0.3, -0.25) is 9.59 Å². The summed E-state index contributed by atoms with van der Waals surface area (Å²) in [6.07, 6.45) is 0.602. The highest BCUT2D eigenvalue weighted by atomic mass is 32.1. The summed E-state index contributed by atoms with van der Waals surface area (Å²) >= 11 is 0. The molecule has 36 heavy (non-hydrogen) atoms. The number of hydrogen-bond donors (Lipinski definition) is 3. The molecule has 1 atom stereocenters. The zero-order chi connectivity index (χ0) is 24.6. The van der Waals surface area contributed by atoms with Gasteiger partial charge in [0.1, 0.15) is 17.0 Å². The first-order valence-corrected chi connectivity index (χ1v) is 11.3. The van der Waals surface area contributed by atoms with Gasteiger partial charge in [0, 0.05) is 37.9 Å². The number of carbonyl (C=O) groups is 2. The van der Waals surface area contributed by atoms with E-state index in [1.54, 1.807) is 12.1 Å². The molecule has 1 aromatic heterocycles. The standard InChI is InChI=1S/C25H25FN6O3.H2S/c1-15-20-21(32(2)25(23(34)30-20)11-12-35-14-25)31-24(28-15)27-13-16-3-9-19(10-4-16)29-22(33)17-5-7-18(26)8-6-17;/h3-10H,11-14H2,1-2H3,(H,29,33)(H,30,34)(H,27,28,31);1H2/t25-;/m0./s1. The zero-order valence-electron chi connectivity index (χ0n) is 19.9. The maximum absolute atomic E-state index is 13.1. The molecule has 11 heteroatoms. The minimum Gasteiger partial charge on any atom is -0.378 e. The SMILES string of the molecule is Cc1nc(NCc2ccc(NC(=O)c3ccc(F)cc3)cc2)nc2c1NC(=O)[C@@]1(CCOC1)N2C.S. The van der Waals surface area contributed by atoms with Crippen molar-refractivity contribution in [2.45, 2.75) is 25.4 Å². The van der Waals surface area contributed by atoms with Crippen molar-refractivity contribution in [3.63, 3.8) is 0 Å². The Bertz CT molecular complexity index is 1280. The molecule has 2 aliphatic heterocycles. The van der Waals surface area contributed by atoms with Gasteiger partial charge in [-0.25, -0.2) is 9.37 Å². The molecule has 3 aromatic rings. The molecular formula is C25H27FN6O3S. The minimum absolute atomic E-state index is 0. The Morgan fingerprint density at radius 1 is 1.17 bits per heavy atom. The number of likely N-dealkylation sites (N-methyl/N-ethyl adjacent to an activating group) is 1. The third kappa shape index (κ3) is 4.71. The number of carbonyl (C=O) groups excluding carboxylic acids is 2. The van der Waals surface area contributed by atoms with E-state index in [9.17, 15) is 14.0 Å². The van der Waals surface area contributed by atoms with Crippen LogP contribution in [-0.2, 0) is 16.1 Å². The Kier molecular flexibility index (Phi) is 7.14. The van der Waals surface area contributed by atoms with Crippen molar-refractivity contribution in [2.75, 3.05) is 41.1 Å². The minimum atomic E-state index is -0.751. The summed E-state index contributed by atoms with van der Waals surface area (Å²) in [7, 11) is 1.86. The van der Waals surface area contributed by atoms with Crippen LogP contribution in [0.5, 0.6) is 0 Å². The topological polar surface area (TPSA) is 108 Å². The predicted octanol–water partition coefficient (Wildman–Crippen LogP) is 3.45. The summed E-state index contributed by atoms with van der Waals surface area (Å²) in [6.45, 7) is 3.16. The summed E-state index contributed by atoms with van der Waals surface area (Å²) in [5.74, 6) is 0.315. The van der Waals surface area contributed by atoms with Crippen molar-refractivity contribution in [3.8, 4) is 0 Å². The van der Waals surface area contributed by atoms with Crippen LogP contribution < -0.4 is 20.9 Å². The zero-order valence-corrected chi connectivity index (χ0v) is 20.9. The number of nitrogens with zero attached hydrogens (tertiary/aromatic N) is 3. The lowest BCUT2D eigenvalue weighted by atomic mass is 9.93. The number of anilines is 4. The van der Waals surface area contributed by atoms with Gasteiger partial charge >= 0.3 is 0 Å². The number of amides is 2. The molecular weight excluding hydrogens is 483 g/mol. The van der Waals surface area contributed by atoms with E-state index in [1.807, 2.05) is 31.0 Å². The van der Waals surface area contributed by atoms with Gasteiger partial charge in [0.15, 0.2) is 5.82 Å². The number of halogens is 1. The molecule has 2 aromatic carbocycles. The predicted molar refractivity (Wildman–Crippen MR) is 140 cm³/mol. The molecule has 0 bridgehead atoms. The second-order valence-corrected chi connectivity index (χ2v) is 8.69. The van der Waals surface area contributed by atoms with Crippen LogP contribution in [0.15, 0.2) is 48.5 Å². The molecule has 0 aliphatic carbocycles. The summed E-state index contributed by atoms with van der Waals surface area (Å²) in [5, 5.41) is 9.00. The van der Waals surface area contributed by atoms with E-state index < -0.39 is 5.54 Å². The Balaban J connectivity index is 0.00000304. The molecule has 3 N–H and O–H groups in total. The van der Waals surface area contributed by atoms with Gasteiger partial charge in [-0.05, 0) is 48.9 Å². The fourth-order valence-corrected chi connectivity index (χ4v) is 4.30. The van der Waals surface area contributed by atoms with E-state index in [0.717, 1.165) is 5.56 Å². The first-order valence-electron chi connectivity index (χ1n) is 11.3. The number of fused-ring (bicyclic) bond motifs is 1. The number of aryl methyl sites for hydroxylation is 1. The maximum Gasteiger partial charge on any atom is 0.255 e. The summed E-state index contributed by atoms with van der Waals surface area (Å²) in [5.41, 5.74) is 2.51. The summed E-state index contributed by atoms with van der Waals surface area (Å²) in [4.78, 5) is 36.2. The highest BCUT2D eigenvalue weighted by Gasteiger charge is 2.50. The third-order valence-electron chi connectivity index (χ3n) is 6.46. The third-order valence-corrected chi connectivity index (χ3v) is 6.46. The fraction of sp³-hybridized carbons (Fsp3) is 0.280. The lowest BCUT2D eigenvalue weighted by Crippen LogP contribution is -2.59. The number of ether oxygens (including phenoxy) is 1. The second-order valence-electron chi connectivity index (χ2n) is 8.69. The van der Waals surface area contributed by atoms with Crippen molar-refractivity contribution in [1.82, 2.24) is 9.97 Å². The Morgan fingerprint density at radius 2 is 1.89 bits per heavy atom. The lowest BCUT2D eigenvalue weighted by molar-refractivity contribution is -0.121. The Morgan fingerprint density at radius 3 is 2.56 bits per heavy atom. The Labute approximate surface area is 214 Å². The van der Waals surface area contributed by atoms with E-state index in [-0.39, 0.29) is 31.1 Å². The molecule has 0 saturated carbocycles. The molecule has 3 heterocycles. The molecule has 188 valence electrons. The molecule has 1 spiro atoms. The van der Waals surface area contributed by atoms with E-state index in [4.69, 9.17) is 4.74 Å². The van der Waals surface area contributed by atoms with Crippen molar-refractivity contribution in [2.24, 2.45) is 0 Å². The van der Waals surface area contributed by atoms with Crippen molar-refractivity contribution in [1.29, 1.82) is 0 Å². The van der Waals surface area contributed by atoms with Gasteiger partial charge in [-0.2, -0.15) is 18.5 Å². The van der Waals surface area contributed by atoms with Crippen LogP contribution in [-0.4, -0.2) is 47.6 Å². The molecule has 2 amide bonds. The number of hydrogen-bond acceptors (Lipinski definition) is 7. The van der Waals surface area contributed by atoms with E-state index in [0.29, 0.717) is 60.6 Å². The van der Waals surface area contributed by atoms with Crippen LogP contribution in [0.3, 0.4) is 0 Å². The maximum atomic E-state index is 13.1. The van der Waals surface area contributed by atoms with Crippen LogP contribution in [0.1, 0.15) is 28.0 Å². The van der Waals surface area contributed by atoms with Crippen LogP contribution >= 0.6 is 13.5 Å². The molecule has 9 nitrogen and oxygen atoms in total. The second kappa shape index (κ2) is 10.1. The number of benzene rings is 2. The lowest BCUT2D eigenvalue weighted by Gasteiger charge is -2.41. The first kappa shape index (κ1) is 25.4. The first-order chi connectivity index (χ1) is 16.9. The number of rotatable bonds is 5. The van der Waals surface area contributed by atoms with Crippen LogP contribution in [0.25, 0.3) is 0 Å². The van der Waals surface area contributed by atoms with E-state index in [1.165, 1.54) is 24.3 Å². The molecule has 1 saturated heterocycles.